The van der Waals surface area contributed by atoms with Crippen molar-refractivity contribution in [3.63, 3.8) is 0 Å². The second-order valence-corrected chi connectivity index (χ2v) is 7.22. The fraction of sp³-hybridized carbons (Fsp3) is 0.333. The Kier molecular flexibility index (Phi) is 5.30. The summed E-state index contributed by atoms with van der Waals surface area (Å²) in [7, 11) is 0.963. The summed E-state index contributed by atoms with van der Waals surface area (Å²) >= 11 is 0. The highest BCUT2D eigenvalue weighted by Gasteiger charge is 2.34. The van der Waals surface area contributed by atoms with Crippen molar-refractivity contribution in [2.75, 3.05) is 33.3 Å². The van der Waals surface area contributed by atoms with Gasteiger partial charge in [-0.15, -0.1) is 0 Å². The van der Waals surface area contributed by atoms with Crippen LogP contribution in [0.5, 0.6) is 0 Å². The summed E-state index contributed by atoms with van der Waals surface area (Å²) in [5, 5.41) is 9.89. The molecule has 4 rings (SSSR count). The zero-order valence-electron chi connectivity index (χ0n) is 16.2. The van der Waals surface area contributed by atoms with E-state index in [1.165, 1.54) is 7.11 Å². The van der Waals surface area contributed by atoms with Gasteiger partial charge in [-0.05, 0) is 30.1 Å². The largest absolute Gasteiger partial charge is 0.465 e. The van der Waals surface area contributed by atoms with Crippen LogP contribution in [0.25, 0.3) is 11.6 Å². The van der Waals surface area contributed by atoms with E-state index in [2.05, 4.69) is 15.8 Å². The number of carbonyl (C=O) groups is 1. The molecule has 144 valence electrons. The van der Waals surface area contributed by atoms with Gasteiger partial charge in [0.25, 0.3) is 0 Å². The summed E-state index contributed by atoms with van der Waals surface area (Å²) in [5.41, 5.74) is 4.35. The van der Waals surface area contributed by atoms with E-state index in [4.69, 9.17) is 9.72 Å². The first-order valence-corrected chi connectivity index (χ1v) is 9.60. The highest BCUT2D eigenvalue weighted by Crippen LogP contribution is 2.39. The molecular formula is C21H24BN3O3. The Morgan fingerprint density at radius 3 is 2.64 bits per heavy atom. The van der Waals surface area contributed by atoms with Crippen LogP contribution >= 0.6 is 0 Å². The van der Waals surface area contributed by atoms with Gasteiger partial charge in [-0.25, -0.2) is 4.79 Å². The maximum absolute atomic E-state index is 12.5. The van der Waals surface area contributed by atoms with Crippen LogP contribution in [-0.4, -0.2) is 66.0 Å². The van der Waals surface area contributed by atoms with Crippen LogP contribution in [0.3, 0.4) is 0 Å². The first-order chi connectivity index (χ1) is 13.6. The Labute approximate surface area is 165 Å². The molecular weight excluding hydrogens is 353 g/mol. The van der Waals surface area contributed by atoms with Crippen molar-refractivity contribution >= 4 is 24.7 Å². The summed E-state index contributed by atoms with van der Waals surface area (Å²) in [6, 6.07) is 11.9. The lowest BCUT2D eigenvalue weighted by Crippen LogP contribution is -2.52. The van der Waals surface area contributed by atoms with Gasteiger partial charge in [0.1, 0.15) is 0 Å². The van der Waals surface area contributed by atoms with Gasteiger partial charge in [0.15, 0.2) is 0 Å². The minimum Gasteiger partial charge on any atom is -0.465 e. The average molecular weight is 377 g/mol. The molecule has 1 N–H and O–H groups in total. The predicted octanol–water partition coefficient (Wildman–Crippen LogP) is 1.93. The zero-order chi connectivity index (χ0) is 19.7. The fourth-order valence-corrected chi connectivity index (χ4v) is 4.15. The number of methoxy groups -OCH3 is 1. The molecule has 0 amide bonds. The first-order valence-electron chi connectivity index (χ1n) is 9.60. The smallest absolute Gasteiger partial charge is 0.376 e. The molecule has 1 aromatic heterocycles. The molecule has 0 saturated carbocycles. The fourth-order valence-electron chi connectivity index (χ4n) is 4.15. The molecule has 28 heavy (non-hydrogen) atoms. The van der Waals surface area contributed by atoms with Crippen molar-refractivity contribution in [1.82, 2.24) is 14.7 Å². The van der Waals surface area contributed by atoms with Crippen LogP contribution in [0.15, 0.2) is 42.6 Å². The van der Waals surface area contributed by atoms with Gasteiger partial charge in [-0.3, -0.25) is 9.88 Å². The number of fused-ring (bicyclic) bond motifs is 2. The van der Waals surface area contributed by atoms with Crippen LogP contribution in [0, 0.1) is 0 Å². The van der Waals surface area contributed by atoms with Gasteiger partial charge in [0.05, 0.1) is 24.4 Å². The monoisotopic (exact) mass is 377 g/mol. The minimum atomic E-state index is -0.443. The van der Waals surface area contributed by atoms with E-state index < -0.39 is 7.05 Å². The summed E-state index contributed by atoms with van der Waals surface area (Å²) in [6.45, 7) is 5.01. The Morgan fingerprint density at radius 1 is 1.18 bits per heavy atom. The third kappa shape index (κ3) is 3.37. The number of carbonyl (C=O) groups excluding carboxylic acids is 1. The number of esters is 1. The third-order valence-electron chi connectivity index (χ3n) is 5.63. The van der Waals surface area contributed by atoms with Gasteiger partial charge in [0, 0.05) is 37.9 Å². The topological polar surface area (TPSA) is 65.9 Å². The highest BCUT2D eigenvalue weighted by atomic mass is 16.5. The van der Waals surface area contributed by atoms with Gasteiger partial charge in [-0.1, -0.05) is 30.3 Å². The molecule has 1 saturated heterocycles. The molecule has 7 heteroatoms. The molecule has 0 radical (unpaired) electrons. The van der Waals surface area contributed by atoms with E-state index >= 15 is 0 Å². The SMILES string of the molecule is COC(=O)C1=Cc2ccccc2C(N2CCN(B(C)O)CC2)c2ncccc21. The number of rotatable bonds is 3. The van der Waals surface area contributed by atoms with Crippen LogP contribution in [-0.2, 0) is 9.53 Å². The average Bonchev–Trinajstić information content (AvgIpc) is 2.88. The standard InChI is InChI=1S/C21H24BN3O3/c1-22(27)25-12-10-24(11-13-25)20-16-7-4-3-6-15(16)14-18(21(26)28-2)17-8-5-9-23-19(17)20/h3-9,14,20,27H,10-13H2,1-2H3. The molecule has 0 spiro atoms. The lowest BCUT2D eigenvalue weighted by Gasteiger charge is -2.40. The Bertz CT molecular complexity index is 907. The van der Waals surface area contributed by atoms with E-state index in [0.717, 1.165) is 48.6 Å². The molecule has 2 aromatic rings. The van der Waals surface area contributed by atoms with Gasteiger partial charge in [0.2, 0.25) is 0 Å². The number of pyridine rings is 1. The molecule has 6 nitrogen and oxygen atoms in total. The number of ether oxygens (including phenoxy) is 1. The normalized spacial score (nSPS) is 19.8. The lowest BCUT2D eigenvalue weighted by atomic mass is 9.84. The summed E-state index contributed by atoms with van der Waals surface area (Å²) < 4.78 is 5.06. The quantitative estimate of drug-likeness (QED) is 0.652. The van der Waals surface area contributed by atoms with Crippen LogP contribution in [0.2, 0.25) is 6.82 Å². The second kappa shape index (κ2) is 7.87. The van der Waals surface area contributed by atoms with Gasteiger partial charge < -0.3 is 14.6 Å². The molecule has 2 heterocycles. The van der Waals surface area contributed by atoms with E-state index in [0.29, 0.717) is 5.57 Å². The molecule has 1 unspecified atom stereocenters. The van der Waals surface area contributed by atoms with Crippen molar-refractivity contribution in [3.8, 4) is 0 Å². The number of nitrogens with zero attached hydrogens (tertiary/aromatic N) is 3. The lowest BCUT2D eigenvalue weighted by molar-refractivity contribution is -0.133. The van der Waals surface area contributed by atoms with Gasteiger partial charge >= 0.3 is 13.0 Å². The van der Waals surface area contributed by atoms with Crippen molar-refractivity contribution in [2.24, 2.45) is 0 Å². The van der Waals surface area contributed by atoms with Crippen LogP contribution in [0.1, 0.15) is 28.4 Å². The Hall–Kier alpha value is -2.48. The molecule has 0 bridgehead atoms. The molecule has 1 aliphatic heterocycles. The maximum atomic E-state index is 12.5. The van der Waals surface area contributed by atoms with Crippen molar-refractivity contribution < 1.29 is 14.6 Å². The number of hydrogen-bond donors (Lipinski definition) is 1. The molecule has 1 atom stereocenters. The molecule has 2 aliphatic rings. The van der Waals surface area contributed by atoms with Gasteiger partial charge in [-0.2, -0.15) is 0 Å². The van der Waals surface area contributed by atoms with Crippen LogP contribution < -0.4 is 0 Å². The highest BCUT2D eigenvalue weighted by molar-refractivity contribution is 6.45. The number of benzene rings is 1. The number of piperazine rings is 1. The predicted molar refractivity (Wildman–Crippen MR) is 109 cm³/mol. The maximum Gasteiger partial charge on any atom is 0.376 e. The summed E-state index contributed by atoms with van der Waals surface area (Å²) in [5.74, 6) is -0.358. The summed E-state index contributed by atoms with van der Waals surface area (Å²) in [6.07, 6.45) is 3.69. The van der Waals surface area contributed by atoms with Crippen molar-refractivity contribution in [3.05, 3.63) is 65.0 Å². The van der Waals surface area contributed by atoms with Crippen molar-refractivity contribution in [2.45, 2.75) is 12.9 Å². The van der Waals surface area contributed by atoms with Crippen molar-refractivity contribution in [1.29, 1.82) is 0 Å². The zero-order valence-corrected chi connectivity index (χ0v) is 16.2. The van der Waals surface area contributed by atoms with E-state index in [9.17, 15) is 9.82 Å². The molecule has 1 fully saturated rings. The van der Waals surface area contributed by atoms with Crippen LogP contribution in [0.4, 0.5) is 0 Å². The van der Waals surface area contributed by atoms with E-state index in [1.807, 2.05) is 36.4 Å². The van der Waals surface area contributed by atoms with E-state index in [-0.39, 0.29) is 12.0 Å². The van der Waals surface area contributed by atoms with E-state index in [1.54, 1.807) is 13.0 Å². The Morgan fingerprint density at radius 2 is 1.93 bits per heavy atom. The number of aromatic nitrogens is 1. The minimum absolute atomic E-state index is 0.0537. The first kappa shape index (κ1) is 18.9. The number of hydrogen-bond acceptors (Lipinski definition) is 6. The second-order valence-electron chi connectivity index (χ2n) is 7.22. The molecule has 1 aliphatic carbocycles. The Balaban J connectivity index is 1.82. The molecule has 1 aromatic carbocycles. The third-order valence-corrected chi connectivity index (χ3v) is 5.63. The summed E-state index contributed by atoms with van der Waals surface area (Å²) in [4.78, 5) is 21.7.